The lowest BCUT2D eigenvalue weighted by atomic mass is 9.76. The second kappa shape index (κ2) is 17.0. The molecule has 0 unspecified atom stereocenters. The van der Waals surface area contributed by atoms with Crippen LogP contribution >= 0.6 is 0 Å². The Hall–Kier alpha value is -5.17. The summed E-state index contributed by atoms with van der Waals surface area (Å²) >= 11 is 0. The normalized spacial score (nSPS) is 21.7. The van der Waals surface area contributed by atoms with Gasteiger partial charge in [-0.05, 0) is 75.4 Å². The zero-order valence-electron chi connectivity index (χ0n) is 33.3. The number of phenols is 1. The van der Waals surface area contributed by atoms with Crippen molar-refractivity contribution in [2.75, 3.05) is 77.6 Å². The molecule has 0 aliphatic carbocycles. The molecule has 15 heteroatoms. The second-order valence-corrected chi connectivity index (χ2v) is 16.2. The molecule has 0 bridgehead atoms. The van der Waals surface area contributed by atoms with Crippen LogP contribution in [0.2, 0.25) is 0 Å². The van der Waals surface area contributed by atoms with Crippen LogP contribution < -0.4 is 14.4 Å². The van der Waals surface area contributed by atoms with E-state index in [1.807, 2.05) is 11.8 Å². The zero-order chi connectivity index (χ0) is 41.2. The van der Waals surface area contributed by atoms with Crippen molar-refractivity contribution in [3.05, 3.63) is 41.5 Å². The summed E-state index contributed by atoms with van der Waals surface area (Å²) in [7, 11) is 1.38. The maximum atomic E-state index is 17.4. The number of nitrogens with one attached hydrogen (secondary N) is 1. The Labute approximate surface area is 336 Å². The average Bonchev–Trinajstić information content (AvgIpc) is 3.38. The van der Waals surface area contributed by atoms with Gasteiger partial charge in [-0.15, -0.1) is 6.42 Å². The maximum absolute atomic E-state index is 17.4. The molecule has 2 aromatic carbocycles. The van der Waals surface area contributed by atoms with Crippen molar-refractivity contribution in [1.29, 1.82) is 5.41 Å². The third-order valence-corrected chi connectivity index (χ3v) is 11.5. The molecule has 13 nitrogen and oxygen atoms in total. The number of terminal acetylenes is 1. The molecule has 5 heterocycles. The van der Waals surface area contributed by atoms with Crippen molar-refractivity contribution in [1.82, 2.24) is 24.8 Å². The second-order valence-electron chi connectivity index (χ2n) is 16.2. The Bertz CT molecular complexity index is 2240. The summed E-state index contributed by atoms with van der Waals surface area (Å²) in [6.45, 7) is 8.49. The first-order valence-corrected chi connectivity index (χ1v) is 19.9. The van der Waals surface area contributed by atoms with Gasteiger partial charge in [0.15, 0.2) is 5.82 Å². The number of anilines is 1. The van der Waals surface area contributed by atoms with E-state index in [4.69, 9.17) is 31.0 Å². The molecule has 7 rings (SSSR count). The number of ether oxygens (including phenoxy) is 3. The van der Waals surface area contributed by atoms with Gasteiger partial charge in [-0.1, -0.05) is 18.9 Å². The number of benzene rings is 2. The maximum Gasteiger partial charge on any atom is 0.319 e. The van der Waals surface area contributed by atoms with E-state index in [1.165, 1.54) is 37.6 Å². The van der Waals surface area contributed by atoms with Crippen LogP contribution in [0.1, 0.15) is 57.9 Å². The number of carbonyl (C=O) groups excluding carboxylic acids is 1. The van der Waals surface area contributed by atoms with E-state index < -0.39 is 17.2 Å². The molecule has 1 amide bonds. The third-order valence-electron chi connectivity index (χ3n) is 11.5. The number of likely N-dealkylation sites (tertiary alicyclic amines) is 2. The molecule has 58 heavy (non-hydrogen) atoms. The Kier molecular flexibility index (Phi) is 12.0. The van der Waals surface area contributed by atoms with Gasteiger partial charge in [-0.25, -0.2) is 13.8 Å². The number of β-amino-alcohol motifs (C(OH)–C–C–N with tert-alkyl or cyclic N) is 1. The molecular weight excluding hydrogens is 749 g/mol. The number of hydrogen-bond donors (Lipinski definition) is 3. The number of fused-ring (bicyclic) bond motifs is 2. The number of unbranched alkanes of at least 4 members (excludes halogenated alkanes) is 1. The largest absolute Gasteiger partial charge is 0.508 e. The summed E-state index contributed by atoms with van der Waals surface area (Å²) in [4.78, 5) is 32.4. The molecular formula is C43H51F2N7O6. The highest BCUT2D eigenvalue weighted by molar-refractivity contribution is 6.04. The number of pyridine rings is 1. The van der Waals surface area contributed by atoms with Crippen LogP contribution in [0.5, 0.6) is 17.6 Å². The minimum Gasteiger partial charge on any atom is -0.508 e. The van der Waals surface area contributed by atoms with Crippen LogP contribution in [-0.4, -0.2) is 125 Å². The number of methoxy groups -OCH3 is 1. The van der Waals surface area contributed by atoms with Crippen LogP contribution in [0.3, 0.4) is 0 Å². The number of halogens is 2. The summed E-state index contributed by atoms with van der Waals surface area (Å²) in [5.74, 6) is 1.31. The standard InChI is InChI=1S/C43H51F2N7O6/c1-5-30-32(44)11-10-28-18-29(53)19-31(34(28)30)37-36(45)38-35(40(47-37)56-4)39(51-16-17-57-25-42(3,55)23-51)49-41(48-38)58-26-43(12-7-8-14-46)13-9-15-50(24-43)20-27-21-52(22-27)33(54)6-2/h1,10-11,14,18-19,27,46,53,55H,6-9,12-13,15-17,20-26H2,2-4H3/t42-,43-/m0/s1. The smallest absolute Gasteiger partial charge is 0.319 e. The molecule has 0 spiro atoms. The number of hydrogen-bond acceptors (Lipinski definition) is 12. The third kappa shape index (κ3) is 8.37. The minimum absolute atomic E-state index is 0.0370. The monoisotopic (exact) mass is 799 g/mol. The lowest BCUT2D eigenvalue weighted by Gasteiger charge is -2.47. The first kappa shape index (κ1) is 41.0. The fraction of sp³-hybridized carbons (Fsp3) is 0.512. The number of rotatable bonds is 13. The predicted octanol–water partition coefficient (Wildman–Crippen LogP) is 5.56. The van der Waals surface area contributed by atoms with Crippen molar-refractivity contribution in [3.8, 4) is 41.2 Å². The van der Waals surface area contributed by atoms with Crippen LogP contribution in [0.4, 0.5) is 14.6 Å². The highest BCUT2D eigenvalue weighted by Gasteiger charge is 2.39. The quantitative estimate of drug-likeness (QED) is 0.0885. The van der Waals surface area contributed by atoms with Gasteiger partial charge < -0.3 is 44.5 Å². The van der Waals surface area contributed by atoms with E-state index >= 15 is 8.78 Å². The molecule has 3 aliphatic rings. The van der Waals surface area contributed by atoms with E-state index in [2.05, 4.69) is 20.8 Å². The van der Waals surface area contributed by atoms with Crippen molar-refractivity contribution in [2.45, 2.75) is 58.0 Å². The molecule has 3 aliphatic heterocycles. The number of phenolic OH excluding ortho intramolecular Hbond substituents is 1. The van der Waals surface area contributed by atoms with Gasteiger partial charge in [0, 0.05) is 61.4 Å². The van der Waals surface area contributed by atoms with Gasteiger partial charge in [0.1, 0.15) is 39.6 Å². The molecule has 4 aromatic rings. The number of nitrogens with zero attached hydrogens (tertiary/aromatic N) is 6. The highest BCUT2D eigenvalue weighted by Crippen LogP contribution is 2.43. The van der Waals surface area contributed by atoms with E-state index in [0.29, 0.717) is 30.7 Å². The van der Waals surface area contributed by atoms with Crippen LogP contribution in [0, 0.1) is 40.7 Å². The molecule has 0 radical (unpaired) electrons. The van der Waals surface area contributed by atoms with Gasteiger partial charge in [-0.2, -0.15) is 9.97 Å². The molecule has 3 saturated heterocycles. The van der Waals surface area contributed by atoms with Crippen LogP contribution in [0.15, 0.2) is 24.3 Å². The zero-order valence-corrected chi connectivity index (χ0v) is 33.3. The number of aromatic nitrogens is 3. The van der Waals surface area contributed by atoms with Gasteiger partial charge in [-0.3, -0.25) is 4.79 Å². The van der Waals surface area contributed by atoms with Crippen molar-refractivity contribution < 1.29 is 38.0 Å². The number of aliphatic hydroxyl groups is 1. The Morgan fingerprint density at radius 1 is 1.17 bits per heavy atom. The van der Waals surface area contributed by atoms with Gasteiger partial charge in [0.2, 0.25) is 11.8 Å². The average molecular weight is 800 g/mol. The van der Waals surface area contributed by atoms with Gasteiger partial charge >= 0.3 is 6.01 Å². The fourth-order valence-electron chi connectivity index (χ4n) is 8.79. The molecule has 3 N–H and O–H groups in total. The molecule has 2 atom stereocenters. The van der Waals surface area contributed by atoms with E-state index in [1.54, 1.807) is 11.8 Å². The van der Waals surface area contributed by atoms with E-state index in [-0.39, 0.29) is 94.3 Å². The summed E-state index contributed by atoms with van der Waals surface area (Å²) in [6.07, 6.45) is 11.7. The number of carbonyl (C=O) groups is 1. The van der Waals surface area contributed by atoms with Gasteiger partial charge in [0.25, 0.3) is 0 Å². The molecule has 2 aromatic heterocycles. The summed E-state index contributed by atoms with van der Waals surface area (Å²) in [6, 6.07) is 5.22. The number of amides is 1. The van der Waals surface area contributed by atoms with Crippen molar-refractivity contribution in [3.63, 3.8) is 0 Å². The summed E-state index contributed by atoms with van der Waals surface area (Å²) in [5, 5.41) is 30.3. The van der Waals surface area contributed by atoms with Crippen molar-refractivity contribution >= 4 is 39.6 Å². The van der Waals surface area contributed by atoms with E-state index in [0.717, 1.165) is 58.4 Å². The lowest BCUT2D eigenvalue weighted by molar-refractivity contribution is -0.137. The minimum atomic E-state index is -1.28. The SMILES string of the molecule is C#Cc1c(F)ccc2cc(O)cc(-c3nc(OC)c4c(N5CCOC[C@@](C)(O)C5)nc(OC[C@@]5(CCCC=N)CCCN(CC6CN(C(=O)CC)C6)C5)nc4c3F)c12. The Balaban J connectivity index is 1.31. The molecule has 3 fully saturated rings. The Morgan fingerprint density at radius 2 is 1.98 bits per heavy atom. The van der Waals surface area contributed by atoms with Gasteiger partial charge in [0.05, 0.1) is 39.0 Å². The summed E-state index contributed by atoms with van der Waals surface area (Å²) in [5.41, 5.74) is -2.16. The number of aromatic hydroxyl groups is 1. The van der Waals surface area contributed by atoms with E-state index in [9.17, 15) is 15.0 Å². The topological polar surface area (TPSA) is 157 Å². The Morgan fingerprint density at radius 3 is 2.72 bits per heavy atom. The molecule has 308 valence electrons. The molecule has 0 saturated carbocycles. The first-order chi connectivity index (χ1) is 27.9. The predicted molar refractivity (Wildman–Crippen MR) is 217 cm³/mol. The van der Waals surface area contributed by atoms with Crippen molar-refractivity contribution in [2.24, 2.45) is 11.3 Å². The van der Waals surface area contributed by atoms with Crippen LogP contribution in [0.25, 0.3) is 32.9 Å². The first-order valence-electron chi connectivity index (χ1n) is 19.9. The fourth-order valence-corrected chi connectivity index (χ4v) is 8.79. The lowest BCUT2D eigenvalue weighted by Crippen LogP contribution is -2.56. The van der Waals surface area contributed by atoms with Crippen LogP contribution in [-0.2, 0) is 9.53 Å². The highest BCUT2D eigenvalue weighted by atomic mass is 19.1. The summed E-state index contributed by atoms with van der Waals surface area (Å²) < 4.78 is 50.5. The number of piperidine rings is 1.